The molecular formula is C19H18ClN3O2. The summed E-state index contributed by atoms with van der Waals surface area (Å²) in [4.78, 5) is 11.9. The number of furan rings is 1. The predicted octanol–water partition coefficient (Wildman–Crippen LogP) is 3.82. The number of carbonyl (C=O) groups is 1. The molecule has 1 N–H and O–H groups in total. The maximum Gasteiger partial charge on any atom is 0.244 e. The van der Waals surface area contributed by atoms with E-state index in [2.05, 4.69) is 10.4 Å². The number of aromatic nitrogens is 2. The van der Waals surface area contributed by atoms with E-state index in [9.17, 15) is 4.79 Å². The van der Waals surface area contributed by atoms with Gasteiger partial charge in [0.1, 0.15) is 10.9 Å². The van der Waals surface area contributed by atoms with Crippen LogP contribution in [0.4, 0.5) is 0 Å². The van der Waals surface area contributed by atoms with Gasteiger partial charge in [-0.1, -0.05) is 41.9 Å². The van der Waals surface area contributed by atoms with Crippen molar-refractivity contribution in [3.63, 3.8) is 0 Å². The number of hydrogen-bond acceptors (Lipinski definition) is 3. The van der Waals surface area contributed by atoms with Crippen LogP contribution >= 0.6 is 11.6 Å². The first-order valence-electron chi connectivity index (χ1n) is 7.88. The third-order valence-corrected chi connectivity index (χ3v) is 4.10. The van der Waals surface area contributed by atoms with Crippen molar-refractivity contribution in [1.82, 2.24) is 15.1 Å². The quantitative estimate of drug-likeness (QED) is 0.684. The molecule has 5 nitrogen and oxygen atoms in total. The molecule has 0 saturated carbocycles. The van der Waals surface area contributed by atoms with E-state index in [1.54, 1.807) is 29.2 Å². The Morgan fingerprint density at radius 1 is 1.28 bits per heavy atom. The van der Waals surface area contributed by atoms with Gasteiger partial charge in [-0.3, -0.25) is 4.79 Å². The number of aryl methyl sites for hydroxylation is 1. The SMILES string of the molecule is Cc1nn(Cc2ccccc2)c(Cl)c1/C=C/C(=O)NCc1ccco1. The molecular weight excluding hydrogens is 338 g/mol. The molecule has 1 aromatic carbocycles. The maximum atomic E-state index is 11.9. The second-order valence-electron chi connectivity index (χ2n) is 5.56. The summed E-state index contributed by atoms with van der Waals surface area (Å²) in [5.41, 5.74) is 2.63. The summed E-state index contributed by atoms with van der Waals surface area (Å²) < 4.78 is 6.90. The van der Waals surface area contributed by atoms with Gasteiger partial charge in [0.05, 0.1) is 25.0 Å². The zero-order valence-corrected chi connectivity index (χ0v) is 14.5. The molecule has 0 radical (unpaired) electrons. The van der Waals surface area contributed by atoms with Gasteiger partial charge < -0.3 is 9.73 Å². The molecule has 2 heterocycles. The van der Waals surface area contributed by atoms with Crippen LogP contribution in [-0.4, -0.2) is 15.7 Å². The number of rotatable bonds is 6. The zero-order valence-electron chi connectivity index (χ0n) is 13.8. The van der Waals surface area contributed by atoms with Gasteiger partial charge in [-0.25, -0.2) is 4.68 Å². The van der Waals surface area contributed by atoms with E-state index in [0.717, 1.165) is 16.8 Å². The smallest absolute Gasteiger partial charge is 0.244 e. The molecule has 2 aromatic heterocycles. The van der Waals surface area contributed by atoms with E-state index in [1.807, 2.05) is 37.3 Å². The summed E-state index contributed by atoms with van der Waals surface area (Å²) in [6, 6.07) is 13.5. The Morgan fingerprint density at radius 3 is 2.80 bits per heavy atom. The lowest BCUT2D eigenvalue weighted by Crippen LogP contribution is -2.19. The standard InChI is InChI=1S/C19H18ClN3O2/c1-14-17(9-10-18(24)21-12-16-8-5-11-25-16)19(20)23(22-14)13-15-6-3-2-4-7-15/h2-11H,12-13H2,1H3,(H,21,24)/b10-9+. The van der Waals surface area contributed by atoms with Crippen molar-refractivity contribution in [2.75, 3.05) is 0 Å². The fraction of sp³-hybridized carbons (Fsp3) is 0.158. The second kappa shape index (κ2) is 7.85. The van der Waals surface area contributed by atoms with Gasteiger partial charge in [0, 0.05) is 11.6 Å². The van der Waals surface area contributed by atoms with E-state index >= 15 is 0 Å². The van der Waals surface area contributed by atoms with Crippen molar-refractivity contribution >= 4 is 23.6 Å². The first-order valence-corrected chi connectivity index (χ1v) is 8.26. The van der Waals surface area contributed by atoms with E-state index in [-0.39, 0.29) is 5.91 Å². The van der Waals surface area contributed by atoms with Crippen molar-refractivity contribution in [3.8, 4) is 0 Å². The Bertz CT molecular complexity index is 868. The van der Waals surface area contributed by atoms with Crippen LogP contribution in [0.25, 0.3) is 6.08 Å². The zero-order chi connectivity index (χ0) is 17.6. The van der Waals surface area contributed by atoms with E-state index in [4.69, 9.17) is 16.0 Å². The van der Waals surface area contributed by atoms with Crippen LogP contribution in [0.15, 0.2) is 59.2 Å². The second-order valence-corrected chi connectivity index (χ2v) is 5.92. The van der Waals surface area contributed by atoms with Gasteiger partial charge >= 0.3 is 0 Å². The van der Waals surface area contributed by atoms with Gasteiger partial charge in [0.2, 0.25) is 5.91 Å². The molecule has 3 aromatic rings. The first-order chi connectivity index (χ1) is 12.1. The molecule has 0 aliphatic carbocycles. The molecule has 0 aliphatic rings. The summed E-state index contributed by atoms with van der Waals surface area (Å²) in [6.07, 6.45) is 4.71. The molecule has 3 rings (SSSR count). The van der Waals surface area contributed by atoms with Gasteiger partial charge in [0.15, 0.2) is 0 Å². The maximum absolute atomic E-state index is 11.9. The third kappa shape index (κ3) is 4.39. The predicted molar refractivity (Wildman–Crippen MR) is 97.1 cm³/mol. The van der Waals surface area contributed by atoms with Crippen LogP contribution in [0.3, 0.4) is 0 Å². The number of nitrogens with zero attached hydrogens (tertiary/aromatic N) is 2. The number of halogens is 1. The Balaban J connectivity index is 1.66. The number of nitrogens with one attached hydrogen (secondary N) is 1. The monoisotopic (exact) mass is 355 g/mol. The molecule has 0 aliphatic heterocycles. The highest BCUT2D eigenvalue weighted by molar-refractivity contribution is 6.31. The molecule has 0 fully saturated rings. The van der Waals surface area contributed by atoms with Crippen LogP contribution in [0, 0.1) is 6.92 Å². The lowest BCUT2D eigenvalue weighted by atomic mass is 10.2. The fourth-order valence-electron chi connectivity index (χ4n) is 2.42. The lowest BCUT2D eigenvalue weighted by molar-refractivity contribution is -0.116. The Kier molecular flexibility index (Phi) is 5.36. The summed E-state index contributed by atoms with van der Waals surface area (Å²) in [5.74, 6) is 0.481. The summed E-state index contributed by atoms with van der Waals surface area (Å²) in [7, 11) is 0. The summed E-state index contributed by atoms with van der Waals surface area (Å²) in [6.45, 7) is 2.79. The van der Waals surface area contributed by atoms with E-state index < -0.39 is 0 Å². The average molecular weight is 356 g/mol. The number of amides is 1. The number of benzene rings is 1. The largest absolute Gasteiger partial charge is 0.467 e. The van der Waals surface area contributed by atoms with Crippen LogP contribution in [0.2, 0.25) is 5.15 Å². The fourth-order valence-corrected chi connectivity index (χ4v) is 2.72. The molecule has 25 heavy (non-hydrogen) atoms. The molecule has 0 spiro atoms. The van der Waals surface area contributed by atoms with Crippen molar-refractivity contribution in [2.24, 2.45) is 0 Å². The van der Waals surface area contributed by atoms with Gasteiger partial charge in [-0.05, 0) is 30.7 Å². The molecule has 128 valence electrons. The van der Waals surface area contributed by atoms with Gasteiger partial charge in [0.25, 0.3) is 0 Å². The van der Waals surface area contributed by atoms with E-state index in [0.29, 0.717) is 24.0 Å². The molecule has 0 atom stereocenters. The van der Waals surface area contributed by atoms with Gasteiger partial charge in [-0.15, -0.1) is 0 Å². The van der Waals surface area contributed by atoms with Crippen LogP contribution < -0.4 is 5.32 Å². The summed E-state index contributed by atoms with van der Waals surface area (Å²) in [5, 5.41) is 7.72. The van der Waals surface area contributed by atoms with Crippen molar-refractivity contribution in [2.45, 2.75) is 20.0 Å². The Morgan fingerprint density at radius 2 is 2.08 bits per heavy atom. The van der Waals surface area contributed by atoms with Crippen LogP contribution in [0.1, 0.15) is 22.6 Å². The van der Waals surface area contributed by atoms with E-state index in [1.165, 1.54) is 6.08 Å². The van der Waals surface area contributed by atoms with Crippen LogP contribution in [-0.2, 0) is 17.9 Å². The highest BCUT2D eigenvalue weighted by Gasteiger charge is 2.11. The average Bonchev–Trinajstić information content (AvgIpc) is 3.22. The minimum Gasteiger partial charge on any atom is -0.467 e. The first kappa shape index (κ1) is 17.0. The Hall–Kier alpha value is -2.79. The topological polar surface area (TPSA) is 60.1 Å². The third-order valence-electron chi connectivity index (χ3n) is 3.70. The number of hydrogen-bond donors (Lipinski definition) is 1. The lowest BCUT2D eigenvalue weighted by Gasteiger charge is -2.03. The molecule has 0 bridgehead atoms. The molecule has 6 heteroatoms. The van der Waals surface area contributed by atoms with Crippen molar-refractivity contribution in [3.05, 3.63) is 82.5 Å². The van der Waals surface area contributed by atoms with Crippen molar-refractivity contribution in [1.29, 1.82) is 0 Å². The summed E-state index contributed by atoms with van der Waals surface area (Å²) >= 11 is 6.42. The highest BCUT2D eigenvalue weighted by atomic mass is 35.5. The normalized spacial score (nSPS) is 11.1. The number of carbonyl (C=O) groups excluding carboxylic acids is 1. The molecule has 0 unspecified atom stereocenters. The molecule has 1 amide bonds. The minimum atomic E-state index is -0.220. The minimum absolute atomic E-state index is 0.220. The molecule has 0 saturated heterocycles. The highest BCUT2D eigenvalue weighted by Crippen LogP contribution is 2.22. The Labute approximate surface area is 150 Å². The van der Waals surface area contributed by atoms with Gasteiger partial charge in [-0.2, -0.15) is 5.10 Å². The van der Waals surface area contributed by atoms with Crippen LogP contribution in [0.5, 0.6) is 0 Å². The van der Waals surface area contributed by atoms with Crippen molar-refractivity contribution < 1.29 is 9.21 Å².